The van der Waals surface area contributed by atoms with Gasteiger partial charge in [0, 0.05) is 10.7 Å². The maximum absolute atomic E-state index is 13.5. The lowest BCUT2D eigenvalue weighted by Crippen LogP contribution is -2.18. The Bertz CT molecular complexity index is 811. The predicted molar refractivity (Wildman–Crippen MR) is 76.1 cm³/mol. The molecule has 0 fully saturated rings. The second-order valence-electron chi connectivity index (χ2n) is 3.89. The molecule has 0 saturated heterocycles. The van der Waals surface area contributed by atoms with Crippen molar-refractivity contribution in [3.63, 3.8) is 0 Å². The van der Waals surface area contributed by atoms with Crippen molar-refractivity contribution in [2.24, 2.45) is 0 Å². The van der Waals surface area contributed by atoms with Gasteiger partial charge in [0.2, 0.25) is 5.03 Å². The first-order valence-corrected chi connectivity index (χ1v) is 7.75. The number of hydrogen-bond acceptors (Lipinski definition) is 4. The number of anilines is 1. The minimum absolute atomic E-state index is 0.184. The molecule has 0 aliphatic rings. The summed E-state index contributed by atoms with van der Waals surface area (Å²) in [6.45, 7) is 0. The van der Waals surface area contributed by atoms with E-state index < -0.39 is 26.8 Å². The largest absolute Gasteiger partial charge is 0.478 e. The fourth-order valence-electron chi connectivity index (χ4n) is 1.54. The standard InChI is InChI=1S/C12H8BrFN2O4S/c13-7-3-4-10(8(6-7)12(17)18)16-21(19,20)11-9(14)2-1-5-15-11/h1-6,16H,(H,17,18). The summed E-state index contributed by atoms with van der Waals surface area (Å²) >= 11 is 3.09. The number of carbonyl (C=O) groups is 1. The van der Waals surface area contributed by atoms with Crippen molar-refractivity contribution < 1.29 is 22.7 Å². The van der Waals surface area contributed by atoms with Crippen LogP contribution in [0.25, 0.3) is 0 Å². The second-order valence-corrected chi connectivity index (χ2v) is 6.40. The molecule has 1 heterocycles. The van der Waals surface area contributed by atoms with Crippen molar-refractivity contribution in [3.05, 3.63) is 52.4 Å². The normalized spacial score (nSPS) is 11.1. The van der Waals surface area contributed by atoms with Crippen molar-refractivity contribution >= 4 is 37.6 Å². The van der Waals surface area contributed by atoms with Crippen LogP contribution in [0.4, 0.5) is 10.1 Å². The number of carboxylic acids is 1. The molecule has 6 nitrogen and oxygen atoms in total. The summed E-state index contributed by atoms with van der Waals surface area (Å²) in [5.41, 5.74) is -0.458. The molecule has 0 atom stereocenters. The van der Waals surface area contributed by atoms with E-state index in [9.17, 15) is 17.6 Å². The van der Waals surface area contributed by atoms with E-state index in [0.717, 1.165) is 12.3 Å². The van der Waals surface area contributed by atoms with Gasteiger partial charge in [0.25, 0.3) is 10.0 Å². The van der Waals surface area contributed by atoms with Crippen LogP contribution in [-0.2, 0) is 10.0 Å². The molecule has 0 amide bonds. The summed E-state index contributed by atoms with van der Waals surface area (Å²) in [5.74, 6) is -2.35. The van der Waals surface area contributed by atoms with Gasteiger partial charge >= 0.3 is 5.97 Å². The Morgan fingerprint density at radius 2 is 2.05 bits per heavy atom. The minimum atomic E-state index is -4.33. The number of carboxylic acid groups (broad SMARTS) is 1. The number of nitrogens with one attached hydrogen (secondary N) is 1. The van der Waals surface area contributed by atoms with E-state index in [0.29, 0.717) is 4.47 Å². The summed E-state index contributed by atoms with van der Waals surface area (Å²) in [7, 11) is -4.33. The number of sulfonamides is 1. The molecule has 1 aromatic heterocycles. The molecule has 2 rings (SSSR count). The number of benzene rings is 1. The Labute approximate surface area is 127 Å². The van der Waals surface area contributed by atoms with Crippen LogP contribution in [0.15, 0.2) is 46.0 Å². The van der Waals surface area contributed by atoms with Gasteiger partial charge in [-0.15, -0.1) is 0 Å². The first kappa shape index (κ1) is 15.4. The van der Waals surface area contributed by atoms with E-state index in [4.69, 9.17) is 5.11 Å². The summed E-state index contributed by atoms with van der Waals surface area (Å²) in [6.07, 6.45) is 1.12. The van der Waals surface area contributed by atoms with Crippen LogP contribution in [0.3, 0.4) is 0 Å². The number of aromatic carboxylic acids is 1. The average Bonchev–Trinajstić information content (AvgIpc) is 2.40. The Balaban J connectivity index is 2.47. The van der Waals surface area contributed by atoms with Gasteiger partial charge in [-0.3, -0.25) is 4.72 Å². The molecular formula is C12H8BrFN2O4S. The summed E-state index contributed by atoms with van der Waals surface area (Å²) in [6, 6.07) is 6.14. The average molecular weight is 375 g/mol. The van der Waals surface area contributed by atoms with Gasteiger partial charge < -0.3 is 5.11 Å². The van der Waals surface area contributed by atoms with Crippen LogP contribution in [-0.4, -0.2) is 24.5 Å². The van der Waals surface area contributed by atoms with E-state index in [-0.39, 0.29) is 11.3 Å². The highest BCUT2D eigenvalue weighted by atomic mass is 79.9. The maximum atomic E-state index is 13.5. The third kappa shape index (κ3) is 3.37. The lowest BCUT2D eigenvalue weighted by molar-refractivity contribution is 0.0698. The number of aromatic nitrogens is 1. The van der Waals surface area contributed by atoms with Gasteiger partial charge in [-0.05, 0) is 30.3 Å². The van der Waals surface area contributed by atoms with Gasteiger partial charge in [-0.2, -0.15) is 8.42 Å². The van der Waals surface area contributed by atoms with Gasteiger partial charge in [0.05, 0.1) is 11.3 Å². The molecule has 0 aliphatic heterocycles. The van der Waals surface area contributed by atoms with Crippen LogP contribution < -0.4 is 4.72 Å². The van der Waals surface area contributed by atoms with Crippen molar-refractivity contribution in [1.82, 2.24) is 4.98 Å². The molecule has 0 aliphatic carbocycles. The highest BCUT2D eigenvalue weighted by molar-refractivity contribution is 9.10. The zero-order chi connectivity index (χ0) is 15.6. The highest BCUT2D eigenvalue weighted by Gasteiger charge is 2.23. The number of pyridine rings is 1. The molecule has 21 heavy (non-hydrogen) atoms. The first-order chi connectivity index (χ1) is 9.81. The molecule has 0 saturated carbocycles. The smallest absolute Gasteiger partial charge is 0.337 e. The Kier molecular flexibility index (Phi) is 4.24. The van der Waals surface area contributed by atoms with Crippen molar-refractivity contribution in [3.8, 4) is 0 Å². The summed E-state index contributed by atoms with van der Waals surface area (Å²) in [4.78, 5) is 14.6. The molecule has 2 N–H and O–H groups in total. The highest BCUT2D eigenvalue weighted by Crippen LogP contribution is 2.24. The minimum Gasteiger partial charge on any atom is -0.478 e. The SMILES string of the molecule is O=C(O)c1cc(Br)ccc1NS(=O)(=O)c1ncccc1F. The summed E-state index contributed by atoms with van der Waals surface area (Å²) < 4.78 is 40.1. The molecule has 1 aromatic carbocycles. The molecule has 2 aromatic rings. The topological polar surface area (TPSA) is 96.4 Å². The van der Waals surface area contributed by atoms with E-state index in [1.165, 1.54) is 24.3 Å². The van der Waals surface area contributed by atoms with E-state index >= 15 is 0 Å². The van der Waals surface area contributed by atoms with Gasteiger partial charge in [0.15, 0.2) is 5.82 Å². The quantitative estimate of drug-likeness (QED) is 0.856. The lowest BCUT2D eigenvalue weighted by Gasteiger charge is -2.10. The number of rotatable bonds is 4. The molecule has 0 bridgehead atoms. The third-order valence-corrected chi connectivity index (χ3v) is 4.23. The van der Waals surface area contributed by atoms with Crippen molar-refractivity contribution in [2.75, 3.05) is 4.72 Å². The first-order valence-electron chi connectivity index (χ1n) is 5.47. The van der Waals surface area contributed by atoms with Crippen LogP contribution in [0.1, 0.15) is 10.4 Å². The van der Waals surface area contributed by atoms with E-state index in [1.54, 1.807) is 0 Å². The third-order valence-electron chi connectivity index (χ3n) is 2.44. The fourth-order valence-corrected chi connectivity index (χ4v) is 2.99. The van der Waals surface area contributed by atoms with Crippen molar-refractivity contribution in [2.45, 2.75) is 5.03 Å². The Morgan fingerprint density at radius 1 is 1.33 bits per heavy atom. The molecule has 9 heteroatoms. The van der Waals surface area contributed by atoms with E-state index in [1.807, 2.05) is 4.72 Å². The Morgan fingerprint density at radius 3 is 2.67 bits per heavy atom. The molecule has 0 spiro atoms. The predicted octanol–water partition coefficient (Wildman–Crippen LogP) is 2.48. The second kappa shape index (κ2) is 5.78. The number of nitrogens with zero attached hydrogens (tertiary/aromatic N) is 1. The fraction of sp³-hybridized carbons (Fsp3) is 0. The monoisotopic (exact) mass is 374 g/mol. The van der Waals surface area contributed by atoms with E-state index in [2.05, 4.69) is 20.9 Å². The van der Waals surface area contributed by atoms with Crippen LogP contribution in [0.5, 0.6) is 0 Å². The molecule has 110 valence electrons. The van der Waals surface area contributed by atoms with Crippen LogP contribution in [0, 0.1) is 5.82 Å². The van der Waals surface area contributed by atoms with Gasteiger partial charge in [-0.25, -0.2) is 14.2 Å². The van der Waals surface area contributed by atoms with Crippen LogP contribution >= 0.6 is 15.9 Å². The van der Waals surface area contributed by atoms with Crippen molar-refractivity contribution in [1.29, 1.82) is 0 Å². The zero-order valence-electron chi connectivity index (χ0n) is 10.2. The van der Waals surface area contributed by atoms with Gasteiger partial charge in [-0.1, -0.05) is 15.9 Å². The lowest BCUT2D eigenvalue weighted by atomic mass is 10.2. The molecule has 0 radical (unpaired) electrons. The zero-order valence-corrected chi connectivity index (χ0v) is 12.6. The van der Waals surface area contributed by atoms with Gasteiger partial charge in [0.1, 0.15) is 0 Å². The molecular weight excluding hydrogens is 367 g/mol. The van der Waals surface area contributed by atoms with Crippen LogP contribution in [0.2, 0.25) is 0 Å². The molecule has 0 unspecified atom stereocenters. The summed E-state index contributed by atoms with van der Waals surface area (Å²) in [5, 5.41) is 8.27. The number of hydrogen-bond donors (Lipinski definition) is 2. The number of halogens is 2. The maximum Gasteiger partial charge on any atom is 0.337 e. The Hall–Kier alpha value is -2.00.